The van der Waals surface area contributed by atoms with Gasteiger partial charge in [0.25, 0.3) is 0 Å². The highest BCUT2D eigenvalue weighted by molar-refractivity contribution is 7.80. The molecule has 98 valence electrons. The molecule has 1 unspecified atom stereocenters. The molecule has 0 radical (unpaired) electrons. The first-order valence-electron chi connectivity index (χ1n) is 6.40. The molecule has 1 aromatic rings. The standard InChI is InChI=1S/C14H19FN2S/c1-10-4-2-3-7-17(10)9-11-5-6-12(15)8-13(11)14(16)18/h5-6,8,10H,2-4,7,9H2,1H3,(H2,16,18). The fraction of sp³-hybridized carbons (Fsp3) is 0.500. The summed E-state index contributed by atoms with van der Waals surface area (Å²) in [4.78, 5) is 2.69. The Balaban J connectivity index is 2.20. The second kappa shape index (κ2) is 5.76. The van der Waals surface area contributed by atoms with Gasteiger partial charge >= 0.3 is 0 Å². The Hall–Kier alpha value is -1.00. The van der Waals surface area contributed by atoms with Crippen LogP contribution in [0.2, 0.25) is 0 Å². The molecule has 1 saturated heterocycles. The van der Waals surface area contributed by atoms with Gasteiger partial charge < -0.3 is 5.73 Å². The van der Waals surface area contributed by atoms with Crippen LogP contribution < -0.4 is 5.73 Å². The third-order valence-electron chi connectivity index (χ3n) is 3.65. The van der Waals surface area contributed by atoms with E-state index in [1.54, 1.807) is 6.07 Å². The van der Waals surface area contributed by atoms with Crippen molar-refractivity contribution < 1.29 is 4.39 Å². The summed E-state index contributed by atoms with van der Waals surface area (Å²) in [7, 11) is 0. The Bertz CT molecular complexity index is 447. The molecule has 2 N–H and O–H groups in total. The van der Waals surface area contributed by atoms with Crippen LogP contribution in [0.25, 0.3) is 0 Å². The zero-order chi connectivity index (χ0) is 13.1. The van der Waals surface area contributed by atoms with E-state index in [2.05, 4.69) is 11.8 Å². The largest absolute Gasteiger partial charge is 0.389 e. The van der Waals surface area contributed by atoms with Crippen molar-refractivity contribution in [2.24, 2.45) is 5.73 Å². The van der Waals surface area contributed by atoms with Gasteiger partial charge in [-0.2, -0.15) is 0 Å². The number of thiocarbonyl (C=S) groups is 1. The number of benzene rings is 1. The molecule has 0 bridgehead atoms. The number of piperidine rings is 1. The van der Waals surface area contributed by atoms with Crippen molar-refractivity contribution >= 4 is 17.2 Å². The van der Waals surface area contributed by atoms with Gasteiger partial charge in [-0.3, -0.25) is 4.90 Å². The number of hydrogen-bond acceptors (Lipinski definition) is 2. The Labute approximate surface area is 113 Å². The molecule has 1 aliphatic heterocycles. The highest BCUT2D eigenvalue weighted by Gasteiger charge is 2.19. The molecular formula is C14H19FN2S. The van der Waals surface area contributed by atoms with Crippen LogP contribution in [0.5, 0.6) is 0 Å². The average molecular weight is 266 g/mol. The third kappa shape index (κ3) is 3.06. The van der Waals surface area contributed by atoms with E-state index in [1.807, 2.05) is 0 Å². The summed E-state index contributed by atoms with van der Waals surface area (Å²) in [5, 5.41) is 0. The Kier molecular flexibility index (Phi) is 4.30. The molecule has 1 aliphatic rings. The smallest absolute Gasteiger partial charge is 0.123 e. The van der Waals surface area contributed by atoms with Gasteiger partial charge in [-0.1, -0.05) is 24.7 Å². The third-order valence-corrected chi connectivity index (χ3v) is 3.87. The fourth-order valence-corrected chi connectivity index (χ4v) is 2.72. The maximum absolute atomic E-state index is 13.2. The molecule has 0 spiro atoms. The van der Waals surface area contributed by atoms with Gasteiger partial charge in [-0.15, -0.1) is 0 Å². The van der Waals surface area contributed by atoms with E-state index in [4.69, 9.17) is 18.0 Å². The maximum Gasteiger partial charge on any atom is 0.123 e. The van der Waals surface area contributed by atoms with Crippen molar-refractivity contribution in [3.63, 3.8) is 0 Å². The lowest BCUT2D eigenvalue weighted by atomic mass is 10.0. The van der Waals surface area contributed by atoms with Crippen LogP contribution in [0.3, 0.4) is 0 Å². The predicted molar refractivity (Wildman–Crippen MR) is 76.0 cm³/mol. The van der Waals surface area contributed by atoms with E-state index < -0.39 is 0 Å². The first-order valence-corrected chi connectivity index (χ1v) is 6.81. The van der Waals surface area contributed by atoms with Crippen molar-refractivity contribution in [2.45, 2.75) is 38.8 Å². The molecule has 0 saturated carbocycles. The molecule has 1 fully saturated rings. The van der Waals surface area contributed by atoms with Crippen LogP contribution in [0.15, 0.2) is 18.2 Å². The molecule has 0 amide bonds. The summed E-state index contributed by atoms with van der Waals surface area (Å²) in [5.74, 6) is -0.284. The fourth-order valence-electron chi connectivity index (χ4n) is 2.53. The molecule has 4 heteroatoms. The van der Waals surface area contributed by atoms with Crippen molar-refractivity contribution in [2.75, 3.05) is 6.54 Å². The number of hydrogen-bond donors (Lipinski definition) is 1. The minimum Gasteiger partial charge on any atom is -0.389 e. The lowest BCUT2D eigenvalue weighted by molar-refractivity contribution is 0.152. The zero-order valence-corrected chi connectivity index (χ0v) is 11.5. The van der Waals surface area contributed by atoms with E-state index in [0.29, 0.717) is 11.6 Å². The maximum atomic E-state index is 13.2. The molecule has 1 atom stereocenters. The van der Waals surface area contributed by atoms with Gasteiger partial charge in [0, 0.05) is 18.2 Å². The summed E-state index contributed by atoms with van der Waals surface area (Å²) in [6.45, 7) is 4.13. The monoisotopic (exact) mass is 266 g/mol. The van der Waals surface area contributed by atoms with Gasteiger partial charge in [0.1, 0.15) is 10.8 Å². The van der Waals surface area contributed by atoms with Gasteiger partial charge in [-0.05, 0) is 44.0 Å². The Morgan fingerprint density at radius 3 is 2.94 bits per heavy atom. The van der Waals surface area contributed by atoms with E-state index in [0.717, 1.165) is 18.7 Å². The van der Waals surface area contributed by atoms with Crippen LogP contribution in [-0.2, 0) is 6.54 Å². The number of halogens is 1. The van der Waals surface area contributed by atoms with E-state index in [-0.39, 0.29) is 10.8 Å². The topological polar surface area (TPSA) is 29.3 Å². The first-order chi connectivity index (χ1) is 8.58. The van der Waals surface area contributed by atoms with Gasteiger partial charge in [0.15, 0.2) is 0 Å². The zero-order valence-electron chi connectivity index (χ0n) is 10.7. The van der Waals surface area contributed by atoms with E-state index >= 15 is 0 Å². The first kappa shape index (κ1) is 13.4. The van der Waals surface area contributed by atoms with Crippen molar-refractivity contribution in [3.05, 3.63) is 35.1 Å². The minimum atomic E-state index is -0.284. The molecule has 2 rings (SSSR count). The van der Waals surface area contributed by atoms with Crippen molar-refractivity contribution in [1.29, 1.82) is 0 Å². The molecule has 0 aliphatic carbocycles. The number of likely N-dealkylation sites (tertiary alicyclic amines) is 1. The number of nitrogens with two attached hydrogens (primary N) is 1. The summed E-state index contributed by atoms with van der Waals surface area (Å²) < 4.78 is 13.2. The molecule has 18 heavy (non-hydrogen) atoms. The van der Waals surface area contributed by atoms with Crippen LogP contribution in [0.4, 0.5) is 4.39 Å². The summed E-state index contributed by atoms with van der Waals surface area (Å²) in [6, 6.07) is 5.28. The number of nitrogens with zero attached hydrogens (tertiary/aromatic N) is 1. The summed E-state index contributed by atoms with van der Waals surface area (Å²) in [6.07, 6.45) is 3.75. The SMILES string of the molecule is CC1CCCCN1Cc1ccc(F)cc1C(N)=S. The molecular weight excluding hydrogens is 247 g/mol. The Morgan fingerprint density at radius 1 is 1.50 bits per heavy atom. The van der Waals surface area contributed by atoms with Crippen molar-refractivity contribution in [3.8, 4) is 0 Å². The average Bonchev–Trinajstić information content (AvgIpc) is 2.34. The predicted octanol–water partition coefficient (Wildman–Crippen LogP) is 2.83. The number of rotatable bonds is 3. The second-order valence-electron chi connectivity index (χ2n) is 4.98. The van der Waals surface area contributed by atoms with E-state index in [9.17, 15) is 4.39 Å². The van der Waals surface area contributed by atoms with Gasteiger partial charge in [0.05, 0.1) is 0 Å². The minimum absolute atomic E-state index is 0.272. The van der Waals surface area contributed by atoms with Crippen LogP contribution in [0.1, 0.15) is 37.3 Å². The van der Waals surface area contributed by atoms with Crippen molar-refractivity contribution in [1.82, 2.24) is 4.90 Å². The van der Waals surface area contributed by atoms with Gasteiger partial charge in [0.2, 0.25) is 0 Å². The lowest BCUT2D eigenvalue weighted by Crippen LogP contribution is -2.37. The molecule has 2 nitrogen and oxygen atoms in total. The highest BCUT2D eigenvalue weighted by atomic mass is 32.1. The van der Waals surface area contributed by atoms with Crippen LogP contribution in [-0.4, -0.2) is 22.5 Å². The molecule has 0 aromatic heterocycles. The summed E-state index contributed by atoms with van der Waals surface area (Å²) >= 11 is 5.00. The normalized spacial score (nSPS) is 20.9. The highest BCUT2D eigenvalue weighted by Crippen LogP contribution is 2.21. The Morgan fingerprint density at radius 2 is 2.28 bits per heavy atom. The molecule has 1 heterocycles. The summed E-state index contributed by atoms with van der Waals surface area (Å²) in [5.41, 5.74) is 7.36. The molecule has 1 aromatic carbocycles. The van der Waals surface area contributed by atoms with E-state index in [1.165, 1.54) is 31.4 Å². The lowest BCUT2D eigenvalue weighted by Gasteiger charge is -2.33. The second-order valence-corrected chi connectivity index (χ2v) is 5.42. The van der Waals surface area contributed by atoms with Crippen LogP contribution in [0, 0.1) is 5.82 Å². The van der Waals surface area contributed by atoms with Gasteiger partial charge in [-0.25, -0.2) is 4.39 Å². The quantitative estimate of drug-likeness (QED) is 0.853. The van der Waals surface area contributed by atoms with Crippen LogP contribution >= 0.6 is 12.2 Å².